The Bertz CT molecular complexity index is 244. The summed E-state index contributed by atoms with van der Waals surface area (Å²) in [7, 11) is 0. The van der Waals surface area contributed by atoms with E-state index in [2.05, 4.69) is 59.0 Å². The zero-order valence-electron chi connectivity index (χ0n) is 8.26. The molecular formula is C11H16BrN. The highest BCUT2D eigenvalue weighted by molar-refractivity contribution is 9.11. The number of hydrogen-bond acceptors (Lipinski definition) is 1. The van der Waals surface area contributed by atoms with Gasteiger partial charge in [0.15, 0.2) is 0 Å². The van der Waals surface area contributed by atoms with Crippen molar-refractivity contribution in [1.82, 2.24) is 4.90 Å². The fourth-order valence-electron chi connectivity index (χ4n) is 1.45. The molecular weight excluding hydrogens is 226 g/mol. The Morgan fingerprint density at radius 1 is 1.38 bits per heavy atom. The number of nitrogens with zero attached hydrogens (tertiary/aromatic N) is 1. The molecule has 1 aliphatic rings. The SMILES string of the molecule is CCN(CC)C1=CC=CC(Br)=CC1. The van der Waals surface area contributed by atoms with Crippen LogP contribution in [0.15, 0.2) is 34.5 Å². The lowest BCUT2D eigenvalue weighted by Gasteiger charge is -2.23. The molecule has 0 amide bonds. The standard InChI is InChI=1S/C11H16BrN/c1-3-13(4-2)11-7-5-6-10(12)8-9-11/h5-8H,3-4,9H2,1-2H3. The van der Waals surface area contributed by atoms with Gasteiger partial charge in [0.2, 0.25) is 0 Å². The molecule has 0 aromatic carbocycles. The van der Waals surface area contributed by atoms with E-state index in [4.69, 9.17) is 0 Å². The summed E-state index contributed by atoms with van der Waals surface area (Å²) in [5.74, 6) is 0. The van der Waals surface area contributed by atoms with Crippen LogP contribution in [0.4, 0.5) is 0 Å². The van der Waals surface area contributed by atoms with Crippen LogP contribution in [0.2, 0.25) is 0 Å². The molecule has 2 heteroatoms. The highest BCUT2D eigenvalue weighted by atomic mass is 79.9. The van der Waals surface area contributed by atoms with Crippen molar-refractivity contribution in [1.29, 1.82) is 0 Å². The molecule has 1 nitrogen and oxygen atoms in total. The van der Waals surface area contributed by atoms with Crippen molar-refractivity contribution in [2.24, 2.45) is 0 Å². The molecule has 0 heterocycles. The van der Waals surface area contributed by atoms with E-state index in [1.165, 1.54) is 10.2 Å². The second-order valence-corrected chi connectivity index (χ2v) is 3.90. The molecule has 0 saturated carbocycles. The molecule has 0 aliphatic heterocycles. The highest BCUT2D eigenvalue weighted by Gasteiger charge is 2.04. The molecule has 0 fully saturated rings. The number of rotatable bonds is 3. The third-order valence-electron chi connectivity index (χ3n) is 2.22. The van der Waals surface area contributed by atoms with Gasteiger partial charge in [-0.1, -0.05) is 28.1 Å². The van der Waals surface area contributed by atoms with Crippen molar-refractivity contribution in [2.45, 2.75) is 20.3 Å². The first-order valence-electron chi connectivity index (χ1n) is 4.75. The molecule has 0 aromatic heterocycles. The average molecular weight is 242 g/mol. The Kier molecular flexibility index (Phi) is 4.29. The van der Waals surface area contributed by atoms with Crippen molar-refractivity contribution >= 4 is 15.9 Å². The van der Waals surface area contributed by atoms with Crippen LogP contribution in [0.25, 0.3) is 0 Å². The minimum atomic E-state index is 1.02. The van der Waals surface area contributed by atoms with Crippen LogP contribution in [-0.4, -0.2) is 18.0 Å². The molecule has 1 rings (SSSR count). The maximum absolute atomic E-state index is 3.48. The summed E-state index contributed by atoms with van der Waals surface area (Å²) in [6.45, 7) is 6.55. The predicted octanol–water partition coefficient (Wildman–Crippen LogP) is 3.45. The summed E-state index contributed by atoms with van der Waals surface area (Å²) in [5.41, 5.74) is 1.40. The van der Waals surface area contributed by atoms with E-state index in [0.717, 1.165) is 19.5 Å². The molecule has 0 unspecified atom stereocenters. The van der Waals surface area contributed by atoms with Crippen molar-refractivity contribution in [3.63, 3.8) is 0 Å². The van der Waals surface area contributed by atoms with Crippen LogP contribution in [0, 0.1) is 0 Å². The first-order valence-corrected chi connectivity index (χ1v) is 5.55. The first kappa shape index (κ1) is 10.6. The van der Waals surface area contributed by atoms with Crippen LogP contribution in [0.3, 0.4) is 0 Å². The lowest BCUT2D eigenvalue weighted by molar-refractivity contribution is 0.376. The molecule has 0 atom stereocenters. The van der Waals surface area contributed by atoms with Crippen molar-refractivity contribution in [3.8, 4) is 0 Å². The van der Waals surface area contributed by atoms with E-state index in [0.29, 0.717) is 0 Å². The number of allylic oxidation sites excluding steroid dienone is 5. The summed E-state index contributed by atoms with van der Waals surface area (Å²) in [5, 5.41) is 0. The minimum Gasteiger partial charge on any atom is -0.375 e. The summed E-state index contributed by atoms with van der Waals surface area (Å²) in [6, 6.07) is 0. The summed E-state index contributed by atoms with van der Waals surface area (Å²) >= 11 is 3.48. The number of hydrogen-bond donors (Lipinski definition) is 0. The van der Waals surface area contributed by atoms with Crippen LogP contribution in [0.5, 0.6) is 0 Å². The molecule has 13 heavy (non-hydrogen) atoms. The van der Waals surface area contributed by atoms with E-state index in [1.807, 2.05) is 0 Å². The van der Waals surface area contributed by atoms with E-state index in [1.54, 1.807) is 0 Å². The fourth-order valence-corrected chi connectivity index (χ4v) is 1.77. The van der Waals surface area contributed by atoms with Crippen LogP contribution in [0.1, 0.15) is 20.3 Å². The Morgan fingerprint density at radius 2 is 2.08 bits per heavy atom. The highest BCUT2D eigenvalue weighted by Crippen LogP contribution is 2.18. The van der Waals surface area contributed by atoms with Crippen LogP contribution in [-0.2, 0) is 0 Å². The largest absolute Gasteiger partial charge is 0.375 e. The van der Waals surface area contributed by atoms with Crippen LogP contribution >= 0.6 is 15.9 Å². The van der Waals surface area contributed by atoms with Crippen molar-refractivity contribution in [3.05, 3.63) is 34.5 Å². The van der Waals surface area contributed by atoms with Gasteiger partial charge in [0.05, 0.1) is 0 Å². The minimum absolute atomic E-state index is 1.02. The van der Waals surface area contributed by atoms with Crippen molar-refractivity contribution in [2.75, 3.05) is 13.1 Å². The second kappa shape index (κ2) is 5.28. The summed E-state index contributed by atoms with van der Waals surface area (Å²) in [4.78, 5) is 2.38. The zero-order chi connectivity index (χ0) is 9.68. The fraction of sp³-hybridized carbons (Fsp3) is 0.455. The van der Waals surface area contributed by atoms with Gasteiger partial charge >= 0.3 is 0 Å². The third-order valence-corrected chi connectivity index (χ3v) is 2.81. The Hall–Kier alpha value is -0.500. The quantitative estimate of drug-likeness (QED) is 0.732. The molecule has 0 spiro atoms. The van der Waals surface area contributed by atoms with E-state index < -0.39 is 0 Å². The van der Waals surface area contributed by atoms with Gasteiger partial charge in [0.25, 0.3) is 0 Å². The maximum atomic E-state index is 3.48. The van der Waals surface area contributed by atoms with Gasteiger partial charge < -0.3 is 4.90 Å². The smallest absolute Gasteiger partial charge is 0.0171 e. The van der Waals surface area contributed by atoms with Crippen molar-refractivity contribution < 1.29 is 0 Å². The lowest BCUT2D eigenvalue weighted by atomic mass is 10.2. The Morgan fingerprint density at radius 3 is 2.69 bits per heavy atom. The molecule has 72 valence electrons. The summed E-state index contributed by atoms with van der Waals surface area (Å²) in [6.07, 6.45) is 9.60. The molecule has 0 saturated heterocycles. The third kappa shape index (κ3) is 3.03. The van der Waals surface area contributed by atoms with Gasteiger partial charge in [0.1, 0.15) is 0 Å². The monoisotopic (exact) mass is 241 g/mol. The first-order chi connectivity index (χ1) is 6.27. The molecule has 1 aliphatic carbocycles. The van der Waals surface area contributed by atoms with Gasteiger partial charge in [-0.3, -0.25) is 0 Å². The lowest BCUT2D eigenvalue weighted by Crippen LogP contribution is -2.21. The van der Waals surface area contributed by atoms with E-state index in [-0.39, 0.29) is 0 Å². The van der Waals surface area contributed by atoms with Crippen LogP contribution < -0.4 is 0 Å². The second-order valence-electron chi connectivity index (χ2n) is 2.98. The summed E-state index contributed by atoms with van der Waals surface area (Å²) < 4.78 is 1.17. The molecule has 0 aromatic rings. The molecule has 0 radical (unpaired) electrons. The van der Waals surface area contributed by atoms with Gasteiger partial charge in [-0.15, -0.1) is 0 Å². The predicted molar refractivity (Wildman–Crippen MR) is 61.8 cm³/mol. The van der Waals surface area contributed by atoms with Gasteiger partial charge in [-0.25, -0.2) is 0 Å². The van der Waals surface area contributed by atoms with E-state index >= 15 is 0 Å². The van der Waals surface area contributed by atoms with Gasteiger partial charge in [-0.05, 0) is 26.0 Å². The van der Waals surface area contributed by atoms with Gasteiger partial charge in [-0.2, -0.15) is 0 Å². The Balaban J connectivity index is 2.71. The van der Waals surface area contributed by atoms with E-state index in [9.17, 15) is 0 Å². The molecule has 0 N–H and O–H groups in total. The average Bonchev–Trinajstić information content (AvgIpc) is 2.34. The maximum Gasteiger partial charge on any atom is 0.0171 e. The Labute approximate surface area is 88.9 Å². The topological polar surface area (TPSA) is 3.24 Å². The zero-order valence-corrected chi connectivity index (χ0v) is 9.84. The number of halogens is 1. The normalized spacial score (nSPS) is 16.2. The van der Waals surface area contributed by atoms with Gasteiger partial charge in [0, 0.05) is 29.7 Å². The molecule has 0 bridgehead atoms.